The van der Waals surface area contributed by atoms with Crippen LogP contribution in [0.4, 0.5) is 5.82 Å². The van der Waals surface area contributed by atoms with E-state index in [1.807, 2.05) is 6.92 Å². The van der Waals surface area contributed by atoms with Crippen molar-refractivity contribution in [2.45, 2.75) is 57.2 Å². The van der Waals surface area contributed by atoms with Crippen LogP contribution in [0.5, 0.6) is 0 Å². The molecule has 0 aromatic carbocycles. The predicted octanol–water partition coefficient (Wildman–Crippen LogP) is 1.86. The van der Waals surface area contributed by atoms with E-state index in [0.29, 0.717) is 11.8 Å². The van der Waals surface area contributed by atoms with Gasteiger partial charge in [0.15, 0.2) is 0 Å². The lowest BCUT2D eigenvalue weighted by Gasteiger charge is -2.47. The van der Waals surface area contributed by atoms with Gasteiger partial charge in [0.25, 0.3) is 5.78 Å². The topological polar surface area (TPSA) is 58.4 Å². The van der Waals surface area contributed by atoms with E-state index in [4.69, 9.17) is 0 Å². The van der Waals surface area contributed by atoms with Crippen LogP contribution in [-0.2, 0) is 0 Å². The maximum absolute atomic E-state index is 4.40. The number of nitrogens with one attached hydrogen (secondary N) is 1. The molecule has 2 bridgehead atoms. The monoisotopic (exact) mass is 286 g/mol. The Labute approximate surface area is 124 Å². The normalized spacial score (nSPS) is 29.7. The van der Waals surface area contributed by atoms with Crippen molar-refractivity contribution in [1.82, 2.24) is 24.5 Å². The number of rotatable bonds is 2. The molecule has 2 aliphatic rings. The summed E-state index contributed by atoms with van der Waals surface area (Å²) in [7, 11) is 2.29. The maximum Gasteiger partial charge on any atom is 0.254 e. The molecule has 6 nitrogen and oxygen atoms in total. The summed E-state index contributed by atoms with van der Waals surface area (Å²) < 4.78 is 1.81. The van der Waals surface area contributed by atoms with Crippen LogP contribution in [0.2, 0.25) is 0 Å². The van der Waals surface area contributed by atoms with Gasteiger partial charge < -0.3 is 10.2 Å². The third kappa shape index (κ3) is 2.27. The van der Waals surface area contributed by atoms with Crippen molar-refractivity contribution in [3.8, 4) is 0 Å². The molecule has 0 amide bonds. The highest BCUT2D eigenvalue weighted by molar-refractivity contribution is 5.45. The zero-order valence-corrected chi connectivity index (χ0v) is 12.7. The molecule has 4 rings (SSSR count). The Morgan fingerprint density at radius 2 is 2.00 bits per heavy atom. The molecule has 1 N–H and O–H groups in total. The van der Waals surface area contributed by atoms with E-state index in [1.54, 1.807) is 10.8 Å². The van der Waals surface area contributed by atoms with Crippen molar-refractivity contribution in [3.05, 3.63) is 18.1 Å². The van der Waals surface area contributed by atoms with E-state index >= 15 is 0 Å². The minimum absolute atomic E-state index is 0.519. The second kappa shape index (κ2) is 4.94. The highest BCUT2D eigenvalue weighted by Gasteiger charge is 2.36. The van der Waals surface area contributed by atoms with Gasteiger partial charge in [-0.15, -0.1) is 0 Å². The van der Waals surface area contributed by atoms with Crippen LogP contribution in [0.15, 0.2) is 12.4 Å². The Morgan fingerprint density at radius 1 is 1.24 bits per heavy atom. The van der Waals surface area contributed by atoms with Gasteiger partial charge in [-0.05, 0) is 39.7 Å². The summed E-state index contributed by atoms with van der Waals surface area (Å²) in [6.07, 6.45) is 8.04. The second-order valence-corrected chi connectivity index (χ2v) is 6.47. The summed E-state index contributed by atoms with van der Waals surface area (Å²) in [5, 5.41) is 7.98. The minimum atomic E-state index is 0.519. The van der Waals surface area contributed by atoms with Crippen molar-refractivity contribution in [1.29, 1.82) is 0 Å². The van der Waals surface area contributed by atoms with Gasteiger partial charge in [-0.2, -0.15) is 14.6 Å². The molecular weight excluding hydrogens is 264 g/mol. The number of nitrogens with zero attached hydrogens (tertiary/aromatic N) is 5. The molecule has 2 aromatic rings. The molecule has 0 aliphatic carbocycles. The Bertz CT molecular complexity index is 637. The van der Waals surface area contributed by atoms with Gasteiger partial charge in [-0.1, -0.05) is 6.42 Å². The summed E-state index contributed by atoms with van der Waals surface area (Å²) in [6.45, 7) is 2.00. The van der Waals surface area contributed by atoms with Crippen molar-refractivity contribution in [3.63, 3.8) is 0 Å². The van der Waals surface area contributed by atoms with Gasteiger partial charge in [0.2, 0.25) is 0 Å². The molecular formula is C15H22N6. The number of aryl methyl sites for hydroxylation is 1. The molecule has 2 fully saturated rings. The van der Waals surface area contributed by atoms with E-state index in [-0.39, 0.29) is 0 Å². The first-order valence-electron chi connectivity index (χ1n) is 7.86. The van der Waals surface area contributed by atoms with Crippen LogP contribution in [0, 0.1) is 6.92 Å². The van der Waals surface area contributed by atoms with Gasteiger partial charge >= 0.3 is 0 Å². The molecule has 2 aliphatic heterocycles. The molecule has 3 atom stereocenters. The highest BCUT2D eigenvalue weighted by atomic mass is 15.4. The summed E-state index contributed by atoms with van der Waals surface area (Å²) >= 11 is 0. The molecule has 2 aromatic heterocycles. The molecule has 112 valence electrons. The number of hydrogen-bond donors (Lipinski definition) is 1. The number of fused-ring (bicyclic) bond motifs is 3. The highest BCUT2D eigenvalue weighted by Crippen LogP contribution is 2.33. The third-order valence-electron chi connectivity index (χ3n) is 5.07. The van der Waals surface area contributed by atoms with E-state index in [0.717, 1.165) is 23.6 Å². The zero-order chi connectivity index (χ0) is 14.4. The van der Waals surface area contributed by atoms with Crippen LogP contribution in [0.25, 0.3) is 5.78 Å². The van der Waals surface area contributed by atoms with Gasteiger partial charge in [-0.3, -0.25) is 0 Å². The third-order valence-corrected chi connectivity index (χ3v) is 5.07. The minimum Gasteiger partial charge on any atom is -0.367 e. The van der Waals surface area contributed by atoms with Crippen LogP contribution >= 0.6 is 0 Å². The molecule has 1 unspecified atom stereocenters. The average molecular weight is 286 g/mol. The Hall–Kier alpha value is -1.69. The summed E-state index contributed by atoms with van der Waals surface area (Å²) in [6, 6.07) is 4.04. The Balaban J connectivity index is 1.59. The van der Waals surface area contributed by atoms with Crippen molar-refractivity contribution in [2.75, 3.05) is 12.4 Å². The first kappa shape index (κ1) is 13.0. The summed E-state index contributed by atoms with van der Waals surface area (Å²) in [5.41, 5.74) is 0.978. The fourth-order valence-corrected chi connectivity index (χ4v) is 3.98. The lowest BCUT2D eigenvalue weighted by atomic mass is 9.82. The molecule has 21 heavy (non-hydrogen) atoms. The smallest absolute Gasteiger partial charge is 0.254 e. The predicted molar refractivity (Wildman–Crippen MR) is 81.4 cm³/mol. The van der Waals surface area contributed by atoms with E-state index in [2.05, 4.69) is 38.4 Å². The van der Waals surface area contributed by atoms with Crippen LogP contribution in [0.1, 0.15) is 37.8 Å². The number of aromatic nitrogens is 4. The van der Waals surface area contributed by atoms with E-state index < -0.39 is 0 Å². The Morgan fingerprint density at radius 3 is 2.76 bits per heavy atom. The van der Waals surface area contributed by atoms with Crippen LogP contribution in [-0.4, -0.2) is 49.7 Å². The quantitative estimate of drug-likeness (QED) is 0.913. The van der Waals surface area contributed by atoms with E-state index in [1.165, 1.54) is 32.1 Å². The lowest BCUT2D eigenvalue weighted by molar-refractivity contribution is 0.0607. The number of hydrogen-bond acceptors (Lipinski definition) is 5. The fraction of sp³-hybridized carbons (Fsp3) is 0.667. The second-order valence-electron chi connectivity index (χ2n) is 6.47. The standard InChI is InChI=1S/C15H22N6/c1-10-6-14(21-15(18-10)16-9-17-21)19-11-7-12-4-3-5-13(8-11)20(12)2/h6,9,11-13,19H,3-5,7-8H2,1-2H3/t11?,12-,13+. The van der Waals surface area contributed by atoms with Crippen LogP contribution < -0.4 is 5.32 Å². The maximum atomic E-state index is 4.40. The summed E-state index contributed by atoms with van der Waals surface area (Å²) in [4.78, 5) is 11.2. The van der Waals surface area contributed by atoms with Crippen molar-refractivity contribution in [2.24, 2.45) is 0 Å². The first-order valence-corrected chi connectivity index (χ1v) is 7.86. The van der Waals surface area contributed by atoms with E-state index in [9.17, 15) is 0 Å². The fourth-order valence-electron chi connectivity index (χ4n) is 3.98. The Kier molecular flexibility index (Phi) is 3.06. The zero-order valence-electron chi connectivity index (χ0n) is 12.7. The lowest BCUT2D eigenvalue weighted by Crippen LogP contribution is -2.52. The van der Waals surface area contributed by atoms with Crippen molar-refractivity contribution < 1.29 is 0 Å². The number of anilines is 1. The SMILES string of the molecule is Cc1cc(NC2C[C@H]3CCC[C@@H](C2)N3C)n2ncnc2n1. The summed E-state index contributed by atoms with van der Waals surface area (Å²) in [5.74, 6) is 1.69. The molecule has 0 spiro atoms. The van der Waals surface area contributed by atoms with Gasteiger partial charge in [0.05, 0.1) is 0 Å². The molecule has 0 saturated carbocycles. The van der Waals surface area contributed by atoms with Gasteiger partial charge in [0, 0.05) is 29.9 Å². The molecule has 0 radical (unpaired) electrons. The van der Waals surface area contributed by atoms with Gasteiger partial charge in [0.1, 0.15) is 12.1 Å². The molecule has 6 heteroatoms. The van der Waals surface area contributed by atoms with Crippen molar-refractivity contribution >= 4 is 11.6 Å². The largest absolute Gasteiger partial charge is 0.367 e. The molecule has 4 heterocycles. The van der Waals surface area contributed by atoms with Gasteiger partial charge in [-0.25, -0.2) is 4.98 Å². The number of piperidine rings is 2. The average Bonchev–Trinajstić information content (AvgIpc) is 2.88. The molecule has 2 saturated heterocycles. The first-order chi connectivity index (χ1) is 10.2. The van der Waals surface area contributed by atoms with Crippen LogP contribution in [0.3, 0.4) is 0 Å².